The van der Waals surface area contributed by atoms with Gasteiger partial charge < -0.3 is 0 Å². The number of alkyl halides is 2. The lowest BCUT2D eigenvalue weighted by atomic mass is 10.1. The summed E-state index contributed by atoms with van der Waals surface area (Å²) in [4.78, 5) is 9.84. The Hall–Kier alpha value is -1.83. The van der Waals surface area contributed by atoms with Crippen molar-refractivity contribution >= 4 is 21.6 Å². The van der Waals surface area contributed by atoms with Crippen LogP contribution in [0.2, 0.25) is 0 Å². The molecule has 2 aromatic rings. The van der Waals surface area contributed by atoms with Crippen molar-refractivity contribution in [3.8, 4) is 5.69 Å². The number of nitrogens with zero attached hydrogens (tertiary/aromatic N) is 3. The topological polar surface area (TPSA) is 61.0 Å². The number of halogens is 3. The van der Waals surface area contributed by atoms with E-state index in [2.05, 4.69) is 21.0 Å². The molecule has 0 fully saturated rings. The second kappa shape index (κ2) is 4.81. The molecule has 0 aliphatic heterocycles. The van der Waals surface area contributed by atoms with Gasteiger partial charge in [-0.1, -0.05) is 0 Å². The van der Waals surface area contributed by atoms with E-state index in [0.29, 0.717) is 4.47 Å². The Labute approximate surface area is 108 Å². The maximum atomic E-state index is 12.9. The molecule has 0 spiro atoms. The Morgan fingerprint density at radius 3 is 2.67 bits per heavy atom. The van der Waals surface area contributed by atoms with Crippen molar-refractivity contribution < 1.29 is 13.7 Å². The van der Waals surface area contributed by atoms with Crippen LogP contribution in [0.1, 0.15) is 12.0 Å². The van der Waals surface area contributed by atoms with E-state index in [9.17, 15) is 18.9 Å². The summed E-state index contributed by atoms with van der Waals surface area (Å²) in [6.45, 7) is 0. The van der Waals surface area contributed by atoms with Crippen LogP contribution in [0.3, 0.4) is 0 Å². The van der Waals surface area contributed by atoms with E-state index in [4.69, 9.17) is 0 Å². The first-order chi connectivity index (χ1) is 8.49. The number of rotatable bonds is 3. The third kappa shape index (κ3) is 2.37. The zero-order chi connectivity index (χ0) is 13.3. The minimum atomic E-state index is -2.82. The van der Waals surface area contributed by atoms with Crippen LogP contribution in [0.4, 0.5) is 14.5 Å². The van der Waals surface area contributed by atoms with Gasteiger partial charge in [0.15, 0.2) is 0 Å². The molecule has 0 bridgehead atoms. The smallest absolute Gasteiger partial charge is 0.258 e. The van der Waals surface area contributed by atoms with Gasteiger partial charge in [-0.25, -0.2) is 13.5 Å². The molecule has 0 radical (unpaired) electrons. The van der Waals surface area contributed by atoms with Crippen molar-refractivity contribution in [2.45, 2.75) is 6.43 Å². The first-order valence-electron chi connectivity index (χ1n) is 4.76. The Morgan fingerprint density at radius 2 is 2.17 bits per heavy atom. The molecule has 5 nitrogen and oxygen atoms in total. The first kappa shape index (κ1) is 12.6. The van der Waals surface area contributed by atoms with Crippen molar-refractivity contribution in [1.29, 1.82) is 0 Å². The van der Waals surface area contributed by atoms with Crippen LogP contribution in [0.5, 0.6) is 0 Å². The Kier molecular flexibility index (Phi) is 3.37. The highest BCUT2D eigenvalue weighted by Gasteiger charge is 2.19. The quantitative estimate of drug-likeness (QED) is 0.643. The van der Waals surface area contributed by atoms with Crippen molar-refractivity contribution in [3.63, 3.8) is 0 Å². The predicted octanol–water partition coefficient (Wildman–Crippen LogP) is 3.48. The number of non-ortho nitro benzene ring substituents is 1. The molecule has 0 aliphatic rings. The van der Waals surface area contributed by atoms with Gasteiger partial charge in [0.25, 0.3) is 12.1 Å². The lowest BCUT2D eigenvalue weighted by molar-refractivity contribution is -0.385. The second-order valence-corrected chi connectivity index (χ2v) is 4.32. The fraction of sp³-hybridized carbons (Fsp3) is 0.100. The molecule has 2 rings (SSSR count). The molecule has 0 N–H and O–H groups in total. The van der Waals surface area contributed by atoms with E-state index < -0.39 is 16.9 Å². The van der Waals surface area contributed by atoms with E-state index in [1.54, 1.807) is 0 Å². The average Bonchev–Trinajstić information content (AvgIpc) is 2.74. The zero-order valence-corrected chi connectivity index (χ0v) is 10.3. The van der Waals surface area contributed by atoms with Gasteiger partial charge in [0, 0.05) is 18.3 Å². The highest BCUT2D eigenvalue weighted by molar-refractivity contribution is 9.10. The summed E-state index contributed by atoms with van der Waals surface area (Å²) in [5, 5.41) is 14.4. The standard InChI is InChI=1S/C10H6BrF2N3O2/c11-6-4-14-15(5-6)9-2-1-7(16(17)18)3-8(9)10(12)13/h1-5,10H. The van der Waals surface area contributed by atoms with Crippen LogP contribution in [0.15, 0.2) is 35.1 Å². The maximum absolute atomic E-state index is 12.9. The molecule has 94 valence electrons. The van der Waals surface area contributed by atoms with E-state index in [-0.39, 0.29) is 11.4 Å². The second-order valence-electron chi connectivity index (χ2n) is 3.40. The van der Waals surface area contributed by atoms with Crippen molar-refractivity contribution in [2.24, 2.45) is 0 Å². The van der Waals surface area contributed by atoms with Crippen molar-refractivity contribution in [3.05, 3.63) is 50.7 Å². The fourth-order valence-electron chi connectivity index (χ4n) is 1.47. The van der Waals surface area contributed by atoms with Gasteiger partial charge in [0.05, 0.1) is 26.8 Å². The third-order valence-corrected chi connectivity index (χ3v) is 2.66. The highest BCUT2D eigenvalue weighted by atomic mass is 79.9. The maximum Gasteiger partial charge on any atom is 0.270 e. The minimum absolute atomic E-state index is 0.112. The summed E-state index contributed by atoms with van der Waals surface area (Å²) < 4.78 is 27.6. The van der Waals surface area contributed by atoms with Crippen molar-refractivity contribution in [2.75, 3.05) is 0 Å². The van der Waals surface area contributed by atoms with E-state index in [1.807, 2.05) is 0 Å². The lowest BCUT2D eigenvalue weighted by Gasteiger charge is -2.08. The lowest BCUT2D eigenvalue weighted by Crippen LogP contribution is -2.02. The summed E-state index contributed by atoms with van der Waals surface area (Å²) in [6, 6.07) is 3.27. The van der Waals surface area contributed by atoms with Crippen LogP contribution >= 0.6 is 15.9 Å². The number of hydrogen-bond acceptors (Lipinski definition) is 3. The van der Waals surface area contributed by atoms with Gasteiger partial charge in [-0.05, 0) is 22.0 Å². The van der Waals surface area contributed by atoms with Crippen LogP contribution in [0, 0.1) is 10.1 Å². The number of hydrogen-bond donors (Lipinski definition) is 0. The molecule has 0 saturated heterocycles. The number of benzene rings is 1. The zero-order valence-electron chi connectivity index (χ0n) is 8.76. The summed E-state index contributed by atoms with van der Waals surface area (Å²) in [5.41, 5.74) is -0.693. The summed E-state index contributed by atoms with van der Waals surface area (Å²) in [6.07, 6.45) is 0.117. The van der Waals surface area contributed by atoms with Crippen LogP contribution < -0.4 is 0 Å². The SMILES string of the molecule is O=[N+]([O-])c1ccc(-n2cc(Br)cn2)c(C(F)F)c1. The molecule has 18 heavy (non-hydrogen) atoms. The molecule has 0 amide bonds. The van der Waals surface area contributed by atoms with Crippen LogP contribution in [-0.2, 0) is 0 Å². The first-order valence-corrected chi connectivity index (χ1v) is 5.55. The molecule has 0 saturated carbocycles. The van der Waals surface area contributed by atoms with E-state index in [1.165, 1.54) is 23.1 Å². The monoisotopic (exact) mass is 317 g/mol. The molecular formula is C10H6BrF2N3O2. The molecule has 1 aromatic heterocycles. The third-order valence-electron chi connectivity index (χ3n) is 2.25. The number of nitro benzene ring substituents is 1. The summed E-state index contributed by atoms with van der Waals surface area (Å²) >= 11 is 3.15. The van der Waals surface area contributed by atoms with Gasteiger partial charge in [-0.3, -0.25) is 10.1 Å². The molecule has 1 aromatic carbocycles. The predicted molar refractivity (Wildman–Crippen MR) is 62.9 cm³/mol. The molecule has 0 unspecified atom stereocenters. The van der Waals surface area contributed by atoms with Gasteiger partial charge in [-0.15, -0.1) is 0 Å². The van der Waals surface area contributed by atoms with Gasteiger partial charge >= 0.3 is 0 Å². The fourth-order valence-corrected chi connectivity index (χ4v) is 1.76. The minimum Gasteiger partial charge on any atom is -0.258 e. The summed E-state index contributed by atoms with van der Waals surface area (Å²) in [5.74, 6) is 0. The highest BCUT2D eigenvalue weighted by Crippen LogP contribution is 2.29. The molecule has 8 heteroatoms. The Bertz CT molecular complexity index is 601. The molecule has 1 heterocycles. The molecular weight excluding hydrogens is 312 g/mol. The van der Waals surface area contributed by atoms with Gasteiger partial charge in [-0.2, -0.15) is 5.10 Å². The van der Waals surface area contributed by atoms with Gasteiger partial charge in [0.2, 0.25) is 0 Å². The van der Waals surface area contributed by atoms with E-state index in [0.717, 1.165) is 12.1 Å². The Balaban J connectivity index is 2.57. The molecule has 0 atom stereocenters. The molecule has 0 aliphatic carbocycles. The van der Waals surface area contributed by atoms with Crippen molar-refractivity contribution in [1.82, 2.24) is 9.78 Å². The van der Waals surface area contributed by atoms with Crippen LogP contribution in [0.25, 0.3) is 5.69 Å². The summed E-state index contributed by atoms with van der Waals surface area (Å²) in [7, 11) is 0. The van der Waals surface area contributed by atoms with E-state index >= 15 is 0 Å². The number of nitro groups is 1. The van der Waals surface area contributed by atoms with Gasteiger partial charge in [0.1, 0.15) is 0 Å². The number of aromatic nitrogens is 2. The average molecular weight is 318 g/mol. The largest absolute Gasteiger partial charge is 0.270 e. The Morgan fingerprint density at radius 1 is 1.44 bits per heavy atom. The normalized spacial score (nSPS) is 10.9. The van der Waals surface area contributed by atoms with Crippen LogP contribution in [-0.4, -0.2) is 14.7 Å².